The molecule has 1 saturated heterocycles. The molecular weight excluding hydrogens is 505 g/mol. The molecule has 0 amide bonds. The summed E-state index contributed by atoms with van der Waals surface area (Å²) in [5.41, 5.74) is 1.56. The Hall–Kier alpha value is -4.10. The molecule has 0 unspecified atom stereocenters. The molecule has 0 saturated carbocycles. The van der Waals surface area contributed by atoms with Crippen LogP contribution in [-0.2, 0) is 19.2 Å². The number of carbonyl (C=O) groups is 4. The smallest absolute Gasteiger partial charge is 0.328 e. The molecule has 0 spiro atoms. The van der Waals surface area contributed by atoms with Crippen LogP contribution in [0, 0.1) is 5.82 Å². The molecule has 2 aromatic rings. The third-order valence-electron chi connectivity index (χ3n) is 5.25. The van der Waals surface area contributed by atoms with E-state index in [1.54, 1.807) is 6.07 Å². The number of hydrogen-bond acceptors (Lipinski definition) is 8. The highest BCUT2D eigenvalue weighted by atomic mass is 19.1. The number of carboxylic acid groups (broad SMARTS) is 4. The van der Waals surface area contributed by atoms with Gasteiger partial charge in [-0.2, -0.15) is 0 Å². The topological polar surface area (TPSA) is 182 Å². The lowest BCUT2D eigenvalue weighted by molar-refractivity contribution is -0.134. The van der Waals surface area contributed by atoms with Crippen molar-refractivity contribution in [2.24, 2.45) is 0 Å². The predicted molar refractivity (Wildman–Crippen MR) is 134 cm³/mol. The molecule has 38 heavy (non-hydrogen) atoms. The van der Waals surface area contributed by atoms with Crippen LogP contribution in [0.4, 0.5) is 4.39 Å². The van der Waals surface area contributed by atoms with Gasteiger partial charge in [0.2, 0.25) is 0 Å². The zero-order valence-corrected chi connectivity index (χ0v) is 21.1. The van der Waals surface area contributed by atoms with Crippen molar-refractivity contribution in [3.05, 3.63) is 54.0 Å². The number of hydrogen-bond donors (Lipinski definition) is 4. The first-order valence-corrected chi connectivity index (χ1v) is 11.6. The van der Waals surface area contributed by atoms with E-state index in [0.717, 1.165) is 50.1 Å². The van der Waals surface area contributed by atoms with E-state index < -0.39 is 23.9 Å². The van der Waals surface area contributed by atoms with Gasteiger partial charge in [-0.15, -0.1) is 0 Å². The summed E-state index contributed by atoms with van der Waals surface area (Å²) in [6.07, 6.45) is 5.64. The second-order valence-corrected chi connectivity index (χ2v) is 8.50. The lowest BCUT2D eigenvalue weighted by Crippen LogP contribution is -2.34. The van der Waals surface area contributed by atoms with Crippen LogP contribution in [0.15, 0.2) is 47.0 Å². The average Bonchev–Trinajstić information content (AvgIpc) is 3.25. The van der Waals surface area contributed by atoms with Crippen LogP contribution in [0.3, 0.4) is 0 Å². The summed E-state index contributed by atoms with van der Waals surface area (Å²) >= 11 is 0. The summed E-state index contributed by atoms with van der Waals surface area (Å²) in [5, 5.41) is 36.4. The molecule has 208 valence electrons. The Morgan fingerprint density at radius 3 is 1.92 bits per heavy atom. The first-order chi connectivity index (χ1) is 17.9. The Morgan fingerprint density at radius 1 is 0.974 bits per heavy atom. The fraction of sp³-hybridized carbons (Fsp3) is 0.400. The summed E-state index contributed by atoms with van der Waals surface area (Å²) in [4.78, 5) is 43.0. The molecule has 13 heteroatoms. The molecule has 0 aliphatic carbocycles. The van der Waals surface area contributed by atoms with Gasteiger partial charge in [0.05, 0.1) is 5.69 Å². The van der Waals surface area contributed by atoms with Gasteiger partial charge in [0.25, 0.3) is 0 Å². The molecular formula is C25H32FN3O9. The number of piperidine rings is 1. The summed E-state index contributed by atoms with van der Waals surface area (Å²) in [7, 11) is 4.23. The summed E-state index contributed by atoms with van der Waals surface area (Å²) in [6.45, 7) is 4.51. The first kappa shape index (κ1) is 31.9. The maximum absolute atomic E-state index is 13.2. The maximum Gasteiger partial charge on any atom is 0.328 e. The SMILES string of the molecule is CN(C)CCCN1CCC(c2noc3cc(F)ccc23)CC1.O=C(O)/C=C/C(=O)O.O=C(O)/C=C/C(=O)O. The standard InChI is InChI=1S/C17H24FN3O.2C4H4O4/c1-20(2)8-3-9-21-10-6-13(7-11-21)17-15-5-4-14(18)12-16(15)22-19-17;2*5-3(6)1-2-4(7)8/h4-5,12-13H,3,6-11H2,1-2H3;2*1-2H,(H,5,6)(H,7,8)/b;2*2-1+. The van der Waals surface area contributed by atoms with Crippen LogP contribution in [0.5, 0.6) is 0 Å². The zero-order chi connectivity index (χ0) is 28.7. The molecule has 1 fully saturated rings. The molecule has 12 nitrogen and oxygen atoms in total. The second kappa shape index (κ2) is 16.6. The molecule has 3 rings (SSSR count). The molecule has 0 radical (unpaired) electrons. The summed E-state index contributed by atoms with van der Waals surface area (Å²) in [5.74, 6) is -4.87. The third-order valence-corrected chi connectivity index (χ3v) is 5.25. The van der Waals surface area contributed by atoms with Crippen molar-refractivity contribution in [2.45, 2.75) is 25.2 Å². The minimum atomic E-state index is -1.26. The highest BCUT2D eigenvalue weighted by molar-refractivity contribution is 5.90. The van der Waals surface area contributed by atoms with Gasteiger partial charge in [0.15, 0.2) is 5.58 Å². The number of rotatable bonds is 9. The van der Waals surface area contributed by atoms with E-state index in [0.29, 0.717) is 35.8 Å². The van der Waals surface area contributed by atoms with E-state index >= 15 is 0 Å². The monoisotopic (exact) mass is 537 g/mol. The van der Waals surface area contributed by atoms with Crippen molar-refractivity contribution in [3.63, 3.8) is 0 Å². The normalized spacial score (nSPS) is 14.2. The highest BCUT2D eigenvalue weighted by Crippen LogP contribution is 2.32. The zero-order valence-electron chi connectivity index (χ0n) is 21.1. The van der Waals surface area contributed by atoms with E-state index in [-0.39, 0.29) is 5.82 Å². The van der Waals surface area contributed by atoms with Crippen molar-refractivity contribution in [1.29, 1.82) is 0 Å². The van der Waals surface area contributed by atoms with Gasteiger partial charge in [0.1, 0.15) is 5.82 Å². The van der Waals surface area contributed by atoms with Crippen LogP contribution < -0.4 is 0 Å². The fourth-order valence-electron chi connectivity index (χ4n) is 3.55. The van der Waals surface area contributed by atoms with Gasteiger partial charge >= 0.3 is 23.9 Å². The first-order valence-electron chi connectivity index (χ1n) is 11.6. The Labute approximate surface area is 218 Å². The van der Waals surface area contributed by atoms with Gasteiger partial charge in [0, 0.05) is 41.7 Å². The molecule has 1 aliphatic rings. The number of fused-ring (bicyclic) bond motifs is 1. The maximum atomic E-state index is 13.2. The van der Waals surface area contributed by atoms with Crippen molar-refractivity contribution in [3.8, 4) is 0 Å². The molecule has 0 bridgehead atoms. The van der Waals surface area contributed by atoms with Crippen molar-refractivity contribution >= 4 is 34.8 Å². The number of halogens is 1. The molecule has 0 atom stereocenters. The third kappa shape index (κ3) is 13.3. The lowest BCUT2D eigenvalue weighted by Gasteiger charge is -2.31. The number of benzene rings is 1. The minimum Gasteiger partial charge on any atom is -0.478 e. The molecule has 2 heterocycles. The van der Waals surface area contributed by atoms with Crippen LogP contribution in [0.2, 0.25) is 0 Å². The largest absolute Gasteiger partial charge is 0.478 e. The van der Waals surface area contributed by atoms with Crippen LogP contribution in [-0.4, -0.2) is 99.5 Å². The summed E-state index contributed by atoms with van der Waals surface area (Å²) in [6, 6.07) is 4.70. The predicted octanol–water partition coefficient (Wildman–Crippen LogP) is 2.52. The molecule has 1 aromatic heterocycles. The molecule has 1 aromatic carbocycles. The van der Waals surface area contributed by atoms with Crippen LogP contribution in [0.25, 0.3) is 11.0 Å². The van der Waals surface area contributed by atoms with E-state index in [9.17, 15) is 23.6 Å². The number of aliphatic carboxylic acids is 4. The quantitative estimate of drug-likeness (QED) is 0.344. The van der Waals surface area contributed by atoms with Crippen LogP contribution >= 0.6 is 0 Å². The molecule has 1 aliphatic heterocycles. The number of carboxylic acids is 4. The Morgan fingerprint density at radius 2 is 1.47 bits per heavy atom. The average molecular weight is 538 g/mol. The van der Waals surface area contributed by atoms with E-state index in [1.165, 1.54) is 18.6 Å². The second-order valence-electron chi connectivity index (χ2n) is 8.50. The van der Waals surface area contributed by atoms with Crippen molar-refractivity contribution in [1.82, 2.24) is 15.0 Å². The van der Waals surface area contributed by atoms with Gasteiger partial charge in [-0.3, -0.25) is 0 Å². The van der Waals surface area contributed by atoms with Gasteiger partial charge in [-0.1, -0.05) is 5.16 Å². The number of nitrogens with zero attached hydrogens (tertiary/aromatic N) is 3. The van der Waals surface area contributed by atoms with Crippen LogP contribution in [0.1, 0.15) is 30.9 Å². The molecule has 4 N–H and O–H groups in total. The van der Waals surface area contributed by atoms with Gasteiger partial charge in [-0.25, -0.2) is 23.6 Å². The highest BCUT2D eigenvalue weighted by Gasteiger charge is 2.24. The Bertz CT molecular complexity index is 1070. The fourth-order valence-corrected chi connectivity index (χ4v) is 3.55. The van der Waals surface area contributed by atoms with E-state index in [4.69, 9.17) is 24.9 Å². The van der Waals surface area contributed by atoms with Gasteiger partial charge in [-0.05, 0) is 71.7 Å². The lowest BCUT2D eigenvalue weighted by atomic mass is 9.91. The van der Waals surface area contributed by atoms with E-state index in [1.807, 2.05) is 0 Å². The number of aromatic nitrogens is 1. The van der Waals surface area contributed by atoms with Gasteiger partial charge < -0.3 is 34.7 Å². The Kier molecular flexibility index (Phi) is 14.0. The van der Waals surface area contributed by atoms with Crippen molar-refractivity contribution in [2.75, 3.05) is 40.3 Å². The Balaban J connectivity index is 0.000000374. The van der Waals surface area contributed by atoms with E-state index in [2.05, 4.69) is 29.1 Å². The van der Waals surface area contributed by atoms with Crippen molar-refractivity contribution < 1.29 is 48.5 Å². The minimum absolute atomic E-state index is 0.272. The summed E-state index contributed by atoms with van der Waals surface area (Å²) < 4.78 is 18.5. The number of likely N-dealkylation sites (tertiary alicyclic amines) is 1.